The molecule has 5 rings (SSSR count). The second-order valence-electron chi connectivity index (χ2n) is 10.9. The van der Waals surface area contributed by atoms with E-state index in [4.69, 9.17) is 14.6 Å². The van der Waals surface area contributed by atoms with Gasteiger partial charge in [-0.25, -0.2) is 0 Å². The highest BCUT2D eigenvalue weighted by Crippen LogP contribution is 2.57. The van der Waals surface area contributed by atoms with Crippen LogP contribution in [0.5, 0.6) is 0 Å². The molecule has 0 aromatic rings. The van der Waals surface area contributed by atoms with Gasteiger partial charge < -0.3 is 24.4 Å². The van der Waals surface area contributed by atoms with E-state index >= 15 is 0 Å². The maximum absolute atomic E-state index is 14.3. The van der Waals surface area contributed by atoms with Crippen molar-refractivity contribution in [2.24, 2.45) is 11.8 Å². The summed E-state index contributed by atoms with van der Waals surface area (Å²) in [5.41, 5.74) is -2.20. The second-order valence-corrected chi connectivity index (χ2v) is 10.9. The van der Waals surface area contributed by atoms with Crippen molar-refractivity contribution in [3.05, 3.63) is 24.3 Å². The summed E-state index contributed by atoms with van der Waals surface area (Å²) in [4.78, 5) is 45.1. The number of aliphatic hydroxyl groups is 1. The number of amides is 2. The van der Waals surface area contributed by atoms with Gasteiger partial charge in [-0.2, -0.15) is 0 Å². The zero-order valence-electron chi connectivity index (χ0n) is 20.7. The van der Waals surface area contributed by atoms with Crippen LogP contribution in [0.3, 0.4) is 0 Å². The number of carbonyl (C=O) groups excluding carboxylic acids is 3. The van der Waals surface area contributed by atoms with Crippen LogP contribution in [0.15, 0.2) is 24.3 Å². The first-order chi connectivity index (χ1) is 16.9. The number of fused-ring (bicyclic) bond motifs is 2. The third kappa shape index (κ3) is 4.02. The minimum absolute atomic E-state index is 0.0643. The lowest BCUT2D eigenvalue weighted by atomic mass is 9.74. The lowest BCUT2D eigenvalue weighted by Gasteiger charge is -2.40. The number of nitrogens with zero attached hydrogens (tertiary/aromatic N) is 2. The van der Waals surface area contributed by atoms with Crippen LogP contribution in [-0.4, -0.2) is 82.3 Å². The minimum atomic E-state index is -1.19. The number of unbranched alkanes of at least 4 members (excludes halogenated alkanes) is 3. The molecule has 3 fully saturated rings. The van der Waals surface area contributed by atoms with Crippen molar-refractivity contribution in [1.29, 1.82) is 0 Å². The summed E-state index contributed by atoms with van der Waals surface area (Å²) < 4.78 is 12.2. The Labute approximate surface area is 207 Å². The van der Waals surface area contributed by atoms with Gasteiger partial charge in [0.05, 0.1) is 11.5 Å². The summed E-state index contributed by atoms with van der Waals surface area (Å²) in [5.74, 6) is -2.29. The molecule has 1 N–H and O–H groups in total. The van der Waals surface area contributed by atoms with E-state index in [9.17, 15) is 14.4 Å². The molecule has 4 aliphatic heterocycles. The van der Waals surface area contributed by atoms with Crippen LogP contribution in [-0.2, 0) is 23.9 Å². The van der Waals surface area contributed by atoms with Crippen molar-refractivity contribution in [2.45, 2.75) is 88.0 Å². The van der Waals surface area contributed by atoms with Crippen LogP contribution in [0.1, 0.15) is 64.7 Å². The van der Waals surface area contributed by atoms with Crippen LogP contribution in [0.4, 0.5) is 0 Å². The molecule has 192 valence electrons. The van der Waals surface area contributed by atoms with Crippen molar-refractivity contribution in [3.63, 3.8) is 0 Å². The lowest BCUT2D eigenvalue weighted by Crippen LogP contribution is -2.57. The maximum atomic E-state index is 14.3. The standard InChI is InChI=1S/C27H38N2O6/c1-26-13-10-18-34-25(33)21(26)20-23(31)29(15-7-2-3-8-17-30)22-24(32)28(19-11-5-4-6-12-19)16-9-14-27(20,22)35-26/h9-10,13-14,19-22,30H,2-8,11-12,15-18H2,1H3/t20-,21+,22?,26-,27-/m0/s1. The van der Waals surface area contributed by atoms with E-state index < -0.39 is 35.0 Å². The van der Waals surface area contributed by atoms with E-state index in [0.717, 1.165) is 51.4 Å². The van der Waals surface area contributed by atoms with Crippen LogP contribution in [0.2, 0.25) is 0 Å². The van der Waals surface area contributed by atoms with Gasteiger partial charge in [0.2, 0.25) is 11.8 Å². The fourth-order valence-electron chi connectivity index (χ4n) is 7.08. The molecule has 8 nitrogen and oxygen atoms in total. The average Bonchev–Trinajstić information content (AvgIpc) is 3.10. The van der Waals surface area contributed by atoms with Crippen molar-refractivity contribution < 1.29 is 29.0 Å². The summed E-state index contributed by atoms with van der Waals surface area (Å²) in [7, 11) is 0. The Bertz CT molecular complexity index is 911. The SMILES string of the molecule is C[C@]12C=CCOC(=O)[C@H]1[C@H]1C(=O)N(CCCCCCO)C3C(=O)N(C4CCCCC4)CC=C[C@@]31O2. The molecule has 2 saturated heterocycles. The number of ether oxygens (including phenoxy) is 2. The van der Waals surface area contributed by atoms with Crippen molar-refractivity contribution >= 4 is 17.8 Å². The molecule has 5 aliphatic rings. The Hall–Kier alpha value is -2.19. The highest BCUT2D eigenvalue weighted by molar-refractivity contribution is 5.99. The van der Waals surface area contributed by atoms with Gasteiger partial charge in [-0.1, -0.05) is 50.3 Å². The fraction of sp³-hybridized carbons (Fsp3) is 0.741. The maximum Gasteiger partial charge on any atom is 0.313 e. The fourth-order valence-corrected chi connectivity index (χ4v) is 7.08. The molecular weight excluding hydrogens is 448 g/mol. The first-order valence-corrected chi connectivity index (χ1v) is 13.4. The number of likely N-dealkylation sites (tertiary alicyclic amines) is 1. The van der Waals surface area contributed by atoms with E-state index in [0.29, 0.717) is 13.1 Å². The predicted octanol–water partition coefficient (Wildman–Crippen LogP) is 2.35. The number of carbonyl (C=O) groups is 3. The molecule has 0 radical (unpaired) electrons. The van der Waals surface area contributed by atoms with E-state index in [1.54, 1.807) is 11.0 Å². The molecule has 4 heterocycles. The molecule has 8 heteroatoms. The predicted molar refractivity (Wildman–Crippen MR) is 128 cm³/mol. The van der Waals surface area contributed by atoms with Gasteiger partial charge in [0.1, 0.15) is 24.2 Å². The molecule has 1 saturated carbocycles. The normalized spacial score (nSPS) is 37.1. The Kier molecular flexibility index (Phi) is 6.79. The van der Waals surface area contributed by atoms with E-state index in [-0.39, 0.29) is 31.1 Å². The number of cyclic esters (lactones) is 1. The number of rotatable bonds is 7. The summed E-state index contributed by atoms with van der Waals surface area (Å²) in [6.45, 7) is 3.07. The average molecular weight is 487 g/mol. The van der Waals surface area contributed by atoms with E-state index in [1.807, 2.05) is 30.1 Å². The van der Waals surface area contributed by atoms with Crippen molar-refractivity contribution in [2.75, 3.05) is 26.3 Å². The number of esters is 1. The molecule has 1 unspecified atom stereocenters. The largest absolute Gasteiger partial charge is 0.461 e. The zero-order chi connectivity index (χ0) is 24.6. The van der Waals surface area contributed by atoms with Gasteiger partial charge in [-0.05, 0) is 38.7 Å². The summed E-state index contributed by atoms with van der Waals surface area (Å²) in [6.07, 6.45) is 16.0. The molecule has 35 heavy (non-hydrogen) atoms. The lowest BCUT2D eigenvalue weighted by molar-refractivity contribution is -0.158. The Balaban J connectivity index is 1.51. The molecule has 0 bridgehead atoms. The number of aliphatic hydroxyl groups excluding tert-OH is 1. The first kappa shape index (κ1) is 24.5. The first-order valence-electron chi connectivity index (χ1n) is 13.4. The monoisotopic (exact) mass is 486 g/mol. The van der Waals surface area contributed by atoms with Crippen molar-refractivity contribution in [3.8, 4) is 0 Å². The number of hydrogen-bond donors (Lipinski definition) is 1. The van der Waals surface area contributed by atoms with E-state index in [2.05, 4.69) is 0 Å². The van der Waals surface area contributed by atoms with Crippen LogP contribution in [0.25, 0.3) is 0 Å². The number of hydrogen-bond acceptors (Lipinski definition) is 6. The summed E-state index contributed by atoms with van der Waals surface area (Å²) in [5, 5.41) is 9.09. The van der Waals surface area contributed by atoms with Gasteiger partial charge in [-0.3, -0.25) is 14.4 Å². The second kappa shape index (κ2) is 9.69. The van der Waals surface area contributed by atoms with Gasteiger partial charge in [0.15, 0.2) is 0 Å². The molecule has 2 amide bonds. The molecule has 0 aromatic heterocycles. The van der Waals surface area contributed by atoms with Crippen LogP contribution in [0, 0.1) is 11.8 Å². The summed E-state index contributed by atoms with van der Waals surface area (Å²) in [6, 6.07) is -0.618. The molecule has 1 spiro atoms. The molecule has 1 aliphatic carbocycles. The van der Waals surface area contributed by atoms with Gasteiger partial charge >= 0.3 is 5.97 Å². The van der Waals surface area contributed by atoms with Crippen LogP contribution >= 0.6 is 0 Å². The Morgan fingerprint density at radius 3 is 2.51 bits per heavy atom. The van der Waals surface area contributed by atoms with Gasteiger partial charge in [-0.15, -0.1) is 0 Å². The highest BCUT2D eigenvalue weighted by Gasteiger charge is 2.74. The topological polar surface area (TPSA) is 96.4 Å². The molecule has 5 atom stereocenters. The third-order valence-corrected chi connectivity index (χ3v) is 8.67. The zero-order valence-corrected chi connectivity index (χ0v) is 20.7. The summed E-state index contributed by atoms with van der Waals surface area (Å²) >= 11 is 0. The minimum Gasteiger partial charge on any atom is -0.461 e. The Morgan fingerprint density at radius 1 is 0.971 bits per heavy atom. The van der Waals surface area contributed by atoms with E-state index in [1.165, 1.54) is 6.42 Å². The highest BCUT2D eigenvalue weighted by atomic mass is 16.6. The quantitative estimate of drug-likeness (QED) is 0.337. The van der Waals surface area contributed by atoms with Gasteiger partial charge in [0.25, 0.3) is 0 Å². The third-order valence-electron chi connectivity index (χ3n) is 8.67. The smallest absolute Gasteiger partial charge is 0.313 e. The molecular formula is C27H38N2O6. The van der Waals surface area contributed by atoms with Crippen LogP contribution < -0.4 is 0 Å². The van der Waals surface area contributed by atoms with Crippen molar-refractivity contribution in [1.82, 2.24) is 9.80 Å². The Morgan fingerprint density at radius 2 is 1.74 bits per heavy atom. The molecule has 0 aromatic carbocycles. The van der Waals surface area contributed by atoms with Gasteiger partial charge in [0, 0.05) is 25.7 Å².